The van der Waals surface area contributed by atoms with Crippen LogP contribution < -0.4 is 0 Å². The number of aromatic nitrogens is 2. The van der Waals surface area contributed by atoms with Crippen molar-refractivity contribution >= 4 is 34.0 Å². The fraction of sp³-hybridized carbons (Fsp3) is 0. The number of hydrogen-bond acceptors (Lipinski definition) is 3. The lowest BCUT2D eigenvalue weighted by atomic mass is 10.3. The molecule has 0 saturated heterocycles. The Morgan fingerprint density at radius 1 is 1.35 bits per heavy atom. The van der Waals surface area contributed by atoms with Crippen LogP contribution in [0.4, 0.5) is 5.69 Å². The molecule has 0 aliphatic heterocycles. The van der Waals surface area contributed by atoms with Gasteiger partial charge < -0.3 is 0 Å². The minimum Gasteiger partial charge on any atom is -0.300 e. The summed E-state index contributed by atoms with van der Waals surface area (Å²) in [5, 5.41) is 10.9. The van der Waals surface area contributed by atoms with Gasteiger partial charge in [0.2, 0.25) is 0 Å². The molecule has 2 heterocycles. The van der Waals surface area contributed by atoms with Crippen LogP contribution in [0.2, 0.25) is 5.02 Å². The van der Waals surface area contributed by atoms with Crippen molar-refractivity contribution in [2.75, 3.05) is 0 Å². The number of hydrogen-bond donors (Lipinski definition) is 0. The summed E-state index contributed by atoms with van der Waals surface area (Å²) >= 11 is 5.87. The van der Waals surface area contributed by atoms with E-state index in [1.54, 1.807) is 6.07 Å². The predicted octanol–water partition coefficient (Wildman–Crippen LogP) is 3.05. The van der Waals surface area contributed by atoms with Gasteiger partial charge in [-0.05, 0) is 18.2 Å². The molecule has 2 aromatic heterocycles. The molecular formula is C11H6ClN3O2. The van der Waals surface area contributed by atoms with Crippen LogP contribution in [-0.4, -0.2) is 14.3 Å². The molecule has 0 atom stereocenters. The fourth-order valence-electron chi connectivity index (χ4n) is 1.82. The summed E-state index contributed by atoms with van der Waals surface area (Å²) in [4.78, 5) is 14.6. The molecule has 84 valence electrons. The summed E-state index contributed by atoms with van der Waals surface area (Å²) < 4.78 is 1.84. The number of halogens is 1. The van der Waals surface area contributed by atoms with Gasteiger partial charge in [-0.3, -0.25) is 14.5 Å². The van der Waals surface area contributed by atoms with Crippen LogP contribution in [0.25, 0.3) is 16.7 Å². The Bertz CT molecular complexity index is 751. The minimum absolute atomic E-state index is 0.119. The first kappa shape index (κ1) is 10.0. The molecule has 0 radical (unpaired) electrons. The van der Waals surface area contributed by atoms with E-state index in [0.717, 1.165) is 11.2 Å². The smallest absolute Gasteiger partial charge is 0.290 e. The van der Waals surface area contributed by atoms with Crippen molar-refractivity contribution in [1.29, 1.82) is 0 Å². The Morgan fingerprint density at radius 3 is 2.94 bits per heavy atom. The molecule has 0 aliphatic carbocycles. The number of nitro groups is 1. The van der Waals surface area contributed by atoms with Crippen molar-refractivity contribution in [2.24, 2.45) is 0 Å². The summed E-state index contributed by atoms with van der Waals surface area (Å²) in [5.74, 6) is 0. The topological polar surface area (TPSA) is 60.4 Å². The standard InChI is InChI=1S/C11H6ClN3O2/c12-7-5-10-8(6-9(7)15(16)17)13-11-3-1-2-4-14(10)11/h1-6H. The van der Waals surface area contributed by atoms with Crippen LogP contribution in [-0.2, 0) is 0 Å². The number of pyridine rings is 1. The first-order valence-electron chi connectivity index (χ1n) is 4.87. The molecule has 0 unspecified atom stereocenters. The Kier molecular flexibility index (Phi) is 2.02. The van der Waals surface area contributed by atoms with Crippen LogP contribution in [0.15, 0.2) is 36.5 Å². The molecule has 0 N–H and O–H groups in total. The second kappa shape index (κ2) is 3.43. The van der Waals surface area contributed by atoms with E-state index in [1.165, 1.54) is 6.07 Å². The lowest BCUT2D eigenvalue weighted by molar-refractivity contribution is -0.384. The Hall–Kier alpha value is -2.14. The lowest BCUT2D eigenvalue weighted by Crippen LogP contribution is -1.89. The molecule has 3 rings (SSSR count). The third-order valence-corrected chi connectivity index (χ3v) is 2.88. The molecule has 0 fully saturated rings. The number of nitrogens with zero attached hydrogens (tertiary/aromatic N) is 3. The number of fused-ring (bicyclic) bond motifs is 3. The van der Waals surface area contributed by atoms with E-state index in [9.17, 15) is 10.1 Å². The van der Waals surface area contributed by atoms with Crippen molar-refractivity contribution in [3.8, 4) is 0 Å². The van der Waals surface area contributed by atoms with Crippen molar-refractivity contribution in [3.05, 3.63) is 51.7 Å². The van der Waals surface area contributed by atoms with Gasteiger partial charge in [-0.2, -0.15) is 0 Å². The molecular weight excluding hydrogens is 242 g/mol. The van der Waals surface area contributed by atoms with Gasteiger partial charge in [0.25, 0.3) is 5.69 Å². The lowest BCUT2D eigenvalue weighted by Gasteiger charge is -1.96. The van der Waals surface area contributed by atoms with E-state index in [1.807, 2.05) is 28.8 Å². The van der Waals surface area contributed by atoms with Crippen LogP contribution in [0, 0.1) is 10.1 Å². The highest BCUT2D eigenvalue weighted by atomic mass is 35.5. The maximum atomic E-state index is 10.8. The van der Waals surface area contributed by atoms with Gasteiger partial charge >= 0.3 is 0 Å². The van der Waals surface area contributed by atoms with E-state index in [0.29, 0.717) is 5.52 Å². The largest absolute Gasteiger partial charge is 0.300 e. The van der Waals surface area contributed by atoms with Gasteiger partial charge in [-0.25, -0.2) is 4.98 Å². The molecule has 6 heteroatoms. The van der Waals surface area contributed by atoms with Crippen LogP contribution in [0.5, 0.6) is 0 Å². The van der Waals surface area contributed by atoms with Gasteiger partial charge in [-0.15, -0.1) is 0 Å². The molecule has 0 aliphatic rings. The average Bonchev–Trinajstić information content (AvgIpc) is 2.65. The maximum Gasteiger partial charge on any atom is 0.290 e. The molecule has 1 aromatic carbocycles. The van der Waals surface area contributed by atoms with Gasteiger partial charge in [0.1, 0.15) is 10.7 Å². The average molecular weight is 248 g/mol. The number of benzene rings is 1. The molecule has 0 saturated carbocycles. The molecule has 0 bridgehead atoms. The first-order chi connectivity index (χ1) is 8.16. The number of imidazole rings is 1. The van der Waals surface area contributed by atoms with Crippen molar-refractivity contribution < 1.29 is 4.92 Å². The summed E-state index contributed by atoms with van der Waals surface area (Å²) in [6, 6.07) is 8.51. The van der Waals surface area contributed by atoms with Gasteiger partial charge in [0.15, 0.2) is 0 Å². The van der Waals surface area contributed by atoms with Crippen molar-refractivity contribution in [2.45, 2.75) is 0 Å². The van der Waals surface area contributed by atoms with E-state index < -0.39 is 4.92 Å². The van der Waals surface area contributed by atoms with Crippen LogP contribution >= 0.6 is 11.6 Å². The van der Waals surface area contributed by atoms with Crippen LogP contribution in [0.1, 0.15) is 0 Å². The second-order valence-corrected chi connectivity index (χ2v) is 4.00. The van der Waals surface area contributed by atoms with E-state index in [2.05, 4.69) is 4.98 Å². The van der Waals surface area contributed by atoms with Gasteiger partial charge in [0, 0.05) is 12.3 Å². The van der Waals surface area contributed by atoms with E-state index >= 15 is 0 Å². The second-order valence-electron chi connectivity index (χ2n) is 3.59. The van der Waals surface area contributed by atoms with Crippen molar-refractivity contribution in [1.82, 2.24) is 9.38 Å². The predicted molar refractivity (Wildman–Crippen MR) is 64.4 cm³/mol. The van der Waals surface area contributed by atoms with E-state index in [4.69, 9.17) is 11.6 Å². The Morgan fingerprint density at radius 2 is 2.18 bits per heavy atom. The summed E-state index contributed by atoms with van der Waals surface area (Å²) in [6.07, 6.45) is 1.84. The number of nitro benzene ring substituents is 1. The number of rotatable bonds is 1. The third-order valence-electron chi connectivity index (χ3n) is 2.57. The van der Waals surface area contributed by atoms with E-state index in [-0.39, 0.29) is 10.7 Å². The molecule has 3 aromatic rings. The summed E-state index contributed by atoms with van der Waals surface area (Å²) in [7, 11) is 0. The molecule has 5 nitrogen and oxygen atoms in total. The molecule has 0 spiro atoms. The SMILES string of the molecule is O=[N+]([O-])c1cc2nc3ccccn3c2cc1Cl. The highest BCUT2D eigenvalue weighted by molar-refractivity contribution is 6.33. The zero-order valence-corrected chi connectivity index (χ0v) is 9.26. The fourth-order valence-corrected chi connectivity index (χ4v) is 2.04. The highest BCUT2D eigenvalue weighted by Gasteiger charge is 2.16. The summed E-state index contributed by atoms with van der Waals surface area (Å²) in [5.41, 5.74) is 1.94. The highest BCUT2D eigenvalue weighted by Crippen LogP contribution is 2.29. The zero-order chi connectivity index (χ0) is 12.0. The molecule has 0 amide bonds. The maximum absolute atomic E-state index is 10.8. The Labute approximate surface area is 100 Å². The molecule has 17 heavy (non-hydrogen) atoms. The minimum atomic E-state index is -0.508. The van der Waals surface area contributed by atoms with Gasteiger partial charge in [0.05, 0.1) is 16.0 Å². The quantitative estimate of drug-likeness (QED) is 0.490. The van der Waals surface area contributed by atoms with Crippen LogP contribution in [0.3, 0.4) is 0 Å². The third kappa shape index (κ3) is 1.43. The summed E-state index contributed by atoms with van der Waals surface area (Å²) in [6.45, 7) is 0. The Balaban J connectivity index is 2.46. The first-order valence-corrected chi connectivity index (χ1v) is 5.25. The zero-order valence-electron chi connectivity index (χ0n) is 8.50. The normalized spacial score (nSPS) is 11.1. The van der Waals surface area contributed by atoms with Gasteiger partial charge in [-0.1, -0.05) is 17.7 Å². The van der Waals surface area contributed by atoms with Crippen molar-refractivity contribution in [3.63, 3.8) is 0 Å². The monoisotopic (exact) mass is 247 g/mol.